The number of carbonyl (C=O) groups excluding carboxylic acids is 3. The van der Waals surface area contributed by atoms with Gasteiger partial charge in [0.05, 0.1) is 18.4 Å². The van der Waals surface area contributed by atoms with Crippen molar-refractivity contribution in [2.45, 2.75) is 26.3 Å². The van der Waals surface area contributed by atoms with Crippen molar-refractivity contribution in [2.75, 3.05) is 51.8 Å². The minimum absolute atomic E-state index is 0.0688. The molecule has 3 N–H and O–H groups in total. The van der Waals surface area contributed by atoms with Crippen LogP contribution in [0.2, 0.25) is 0 Å². The second-order valence-corrected chi connectivity index (χ2v) is 10.3. The first-order valence-electron chi connectivity index (χ1n) is 14.4. The summed E-state index contributed by atoms with van der Waals surface area (Å²) in [5.41, 5.74) is 3.46. The molecule has 230 valence electrons. The van der Waals surface area contributed by atoms with Gasteiger partial charge in [0, 0.05) is 44.4 Å². The second-order valence-electron chi connectivity index (χ2n) is 10.3. The van der Waals surface area contributed by atoms with Gasteiger partial charge in [0.1, 0.15) is 5.82 Å². The van der Waals surface area contributed by atoms with Crippen LogP contribution >= 0.6 is 0 Å². The zero-order chi connectivity index (χ0) is 31.6. The van der Waals surface area contributed by atoms with E-state index in [2.05, 4.69) is 50.6 Å². The molecule has 44 heavy (non-hydrogen) atoms. The Morgan fingerprint density at radius 1 is 1.14 bits per heavy atom. The highest BCUT2D eigenvalue weighted by atomic mass is 19.1. The lowest BCUT2D eigenvalue weighted by Gasteiger charge is -2.34. The van der Waals surface area contributed by atoms with Gasteiger partial charge in [-0.3, -0.25) is 14.9 Å². The fourth-order valence-electron chi connectivity index (χ4n) is 4.86. The van der Waals surface area contributed by atoms with E-state index in [1.54, 1.807) is 13.0 Å². The van der Waals surface area contributed by atoms with Crippen LogP contribution in [0.15, 0.2) is 77.3 Å². The van der Waals surface area contributed by atoms with Crippen molar-refractivity contribution in [3.63, 3.8) is 0 Å². The van der Waals surface area contributed by atoms with Crippen molar-refractivity contribution < 1.29 is 23.5 Å². The fourth-order valence-corrected chi connectivity index (χ4v) is 4.86. The smallest absolute Gasteiger partial charge is 0.322 e. The number of piperazine rings is 1. The molecule has 2 aromatic rings. The average Bonchev–Trinajstić information content (AvgIpc) is 3.30. The summed E-state index contributed by atoms with van der Waals surface area (Å²) in [6.45, 7) is 9.13. The van der Waals surface area contributed by atoms with Crippen molar-refractivity contribution in [1.82, 2.24) is 25.8 Å². The largest absolute Gasteiger partial charge is 0.494 e. The van der Waals surface area contributed by atoms with Gasteiger partial charge in [-0.05, 0) is 50.2 Å². The van der Waals surface area contributed by atoms with Crippen molar-refractivity contribution in [1.29, 1.82) is 0 Å². The number of anilines is 1. The summed E-state index contributed by atoms with van der Waals surface area (Å²) in [4.78, 5) is 43.8. The molecule has 1 atom stereocenters. The highest BCUT2D eigenvalue weighted by Crippen LogP contribution is 2.26. The highest BCUT2D eigenvalue weighted by Gasteiger charge is 2.27. The SMILES string of the molecule is CCN1CCN(c2cccc(-c3ccc(C#CC4NC(=O)NC4=O)cc3)n2)CC1.CNC(=O)C1=C(C)CC=CC(OC)=C1F. The number of halogens is 1. The molecule has 11 heteroatoms. The van der Waals surface area contributed by atoms with E-state index in [-0.39, 0.29) is 11.3 Å². The Bertz CT molecular complexity index is 1550. The molecule has 4 amide bonds. The maximum absolute atomic E-state index is 13.8. The lowest BCUT2D eigenvalue weighted by Crippen LogP contribution is -2.46. The molecular formula is C33H37FN6O4. The Balaban J connectivity index is 0.000000249. The maximum atomic E-state index is 13.8. The Hall–Kier alpha value is -4.95. The summed E-state index contributed by atoms with van der Waals surface area (Å²) in [5, 5.41) is 7.04. The van der Waals surface area contributed by atoms with E-state index in [0.717, 1.165) is 55.4 Å². The number of methoxy groups -OCH3 is 1. The summed E-state index contributed by atoms with van der Waals surface area (Å²) in [6.07, 6.45) is 3.85. The molecule has 1 aromatic carbocycles. The van der Waals surface area contributed by atoms with Crippen LogP contribution in [0.5, 0.6) is 0 Å². The number of ether oxygens (including phenoxy) is 1. The van der Waals surface area contributed by atoms with Gasteiger partial charge in [-0.25, -0.2) is 14.2 Å². The Morgan fingerprint density at radius 3 is 2.48 bits per heavy atom. The number of allylic oxidation sites excluding steroid dienone is 3. The lowest BCUT2D eigenvalue weighted by molar-refractivity contribution is -0.119. The number of aromatic nitrogens is 1. The predicted octanol–water partition coefficient (Wildman–Crippen LogP) is 3.29. The van der Waals surface area contributed by atoms with Gasteiger partial charge in [-0.15, -0.1) is 0 Å². The van der Waals surface area contributed by atoms with Crippen LogP contribution in [0.25, 0.3) is 11.3 Å². The molecule has 0 radical (unpaired) electrons. The summed E-state index contributed by atoms with van der Waals surface area (Å²) in [5.74, 6) is 5.35. The van der Waals surface area contributed by atoms with E-state index in [9.17, 15) is 18.8 Å². The summed E-state index contributed by atoms with van der Waals surface area (Å²) in [7, 11) is 2.85. The van der Waals surface area contributed by atoms with Crippen molar-refractivity contribution in [3.05, 3.63) is 82.9 Å². The number of imide groups is 1. The van der Waals surface area contributed by atoms with Gasteiger partial charge in [0.2, 0.25) is 0 Å². The van der Waals surface area contributed by atoms with Gasteiger partial charge < -0.3 is 25.2 Å². The number of amides is 4. The Kier molecular flexibility index (Phi) is 10.9. The first-order valence-corrected chi connectivity index (χ1v) is 14.4. The van der Waals surface area contributed by atoms with E-state index in [1.807, 2.05) is 36.4 Å². The van der Waals surface area contributed by atoms with Crippen LogP contribution in [0.4, 0.5) is 15.0 Å². The molecule has 0 saturated carbocycles. The molecule has 3 heterocycles. The van der Waals surface area contributed by atoms with Gasteiger partial charge in [-0.1, -0.05) is 48.6 Å². The summed E-state index contributed by atoms with van der Waals surface area (Å²) >= 11 is 0. The van der Waals surface area contributed by atoms with Gasteiger partial charge in [-0.2, -0.15) is 0 Å². The molecule has 0 spiro atoms. The van der Waals surface area contributed by atoms with Crippen LogP contribution in [0, 0.1) is 11.8 Å². The molecule has 3 aliphatic rings. The normalized spacial score (nSPS) is 18.4. The number of hydrogen-bond donors (Lipinski definition) is 3. The molecule has 1 aromatic heterocycles. The van der Waals surface area contributed by atoms with Gasteiger partial charge in [0.25, 0.3) is 11.8 Å². The minimum atomic E-state index is -0.798. The minimum Gasteiger partial charge on any atom is -0.494 e. The number of nitrogens with zero attached hydrogens (tertiary/aromatic N) is 3. The number of hydrogen-bond acceptors (Lipinski definition) is 7. The lowest BCUT2D eigenvalue weighted by atomic mass is 10.1. The van der Waals surface area contributed by atoms with Crippen molar-refractivity contribution >= 4 is 23.7 Å². The van der Waals surface area contributed by atoms with Gasteiger partial charge in [0.15, 0.2) is 17.6 Å². The summed E-state index contributed by atoms with van der Waals surface area (Å²) in [6, 6.07) is 12.5. The summed E-state index contributed by atoms with van der Waals surface area (Å²) < 4.78 is 18.7. The molecule has 2 aliphatic heterocycles. The quantitative estimate of drug-likeness (QED) is 0.357. The zero-order valence-corrected chi connectivity index (χ0v) is 25.4. The predicted molar refractivity (Wildman–Crippen MR) is 167 cm³/mol. The first-order chi connectivity index (χ1) is 21.2. The third-order valence-corrected chi connectivity index (χ3v) is 7.42. The topological polar surface area (TPSA) is 116 Å². The number of pyridine rings is 1. The van der Waals surface area contributed by atoms with Crippen LogP contribution in [0.3, 0.4) is 0 Å². The number of rotatable bonds is 5. The first kappa shape index (κ1) is 32.0. The van der Waals surface area contributed by atoms with E-state index in [0.29, 0.717) is 12.0 Å². The van der Waals surface area contributed by atoms with Crippen LogP contribution in [-0.2, 0) is 14.3 Å². The van der Waals surface area contributed by atoms with Crippen molar-refractivity contribution in [3.8, 4) is 23.1 Å². The zero-order valence-electron chi connectivity index (χ0n) is 25.4. The van der Waals surface area contributed by atoms with E-state index >= 15 is 0 Å². The van der Waals surface area contributed by atoms with Gasteiger partial charge >= 0.3 is 6.03 Å². The van der Waals surface area contributed by atoms with Crippen molar-refractivity contribution in [2.24, 2.45) is 0 Å². The number of nitrogens with one attached hydrogen (secondary N) is 3. The Labute approximate surface area is 257 Å². The molecule has 5 rings (SSSR count). The molecule has 1 unspecified atom stereocenters. The number of carbonyl (C=O) groups is 3. The highest BCUT2D eigenvalue weighted by molar-refractivity contribution is 6.05. The molecule has 1 aliphatic carbocycles. The number of urea groups is 1. The van der Waals surface area contributed by atoms with E-state index in [1.165, 1.54) is 20.2 Å². The molecule has 0 bridgehead atoms. The monoisotopic (exact) mass is 600 g/mol. The third-order valence-electron chi connectivity index (χ3n) is 7.42. The molecule has 2 saturated heterocycles. The van der Waals surface area contributed by atoms with E-state index in [4.69, 9.17) is 9.72 Å². The number of benzene rings is 1. The molecular weight excluding hydrogens is 563 g/mol. The standard InChI is InChI=1S/C22H23N5O2.C11H14FNO2/c1-2-26-12-14-27(15-13-26)20-5-3-4-18(23-20)17-9-6-16(7-10-17)8-11-19-21(28)25-22(29)24-19;1-7-5-4-6-8(15-3)10(12)9(7)11(14)13-2/h3-7,9-10,19H,2,12-15H2,1H3,(H2,24,25,28,29);4,6H,5H2,1-3H3,(H,13,14). The van der Waals surface area contributed by atoms with Crippen LogP contribution in [0.1, 0.15) is 25.8 Å². The third kappa shape index (κ3) is 7.90. The second kappa shape index (κ2) is 15.0. The van der Waals surface area contributed by atoms with E-state index < -0.39 is 29.7 Å². The fraction of sp³-hybridized carbons (Fsp3) is 0.333. The molecule has 2 fully saturated rings. The number of likely N-dealkylation sites (N-methyl/N-ethyl adjacent to an activating group) is 2. The van der Waals surface area contributed by atoms with Crippen LogP contribution in [-0.4, -0.2) is 80.7 Å². The molecule has 10 nitrogen and oxygen atoms in total. The van der Waals surface area contributed by atoms with Crippen LogP contribution < -0.4 is 20.9 Å². The Morgan fingerprint density at radius 2 is 1.86 bits per heavy atom. The average molecular weight is 601 g/mol. The maximum Gasteiger partial charge on any atom is 0.322 e.